The van der Waals surface area contributed by atoms with Crippen molar-refractivity contribution in [2.45, 2.75) is 32.7 Å². The number of nitrogens with one attached hydrogen (secondary N) is 1. The van der Waals surface area contributed by atoms with Gasteiger partial charge in [0.2, 0.25) is 0 Å². The van der Waals surface area contributed by atoms with E-state index in [0.29, 0.717) is 5.92 Å². The van der Waals surface area contributed by atoms with E-state index in [1.807, 2.05) is 18.3 Å². The lowest BCUT2D eigenvalue weighted by Crippen LogP contribution is -2.26. The monoisotopic (exact) mass is 332 g/mol. The van der Waals surface area contributed by atoms with Gasteiger partial charge in [0.05, 0.1) is 0 Å². The van der Waals surface area contributed by atoms with Crippen molar-refractivity contribution in [3.63, 3.8) is 0 Å². The average molecular weight is 333 g/mol. The molecule has 0 aliphatic rings. The normalized spacial score (nSPS) is 14.0. The highest BCUT2D eigenvalue weighted by molar-refractivity contribution is 9.10. The van der Waals surface area contributed by atoms with Crippen molar-refractivity contribution in [1.82, 2.24) is 10.3 Å². The molecule has 2 atom stereocenters. The molecule has 0 saturated heterocycles. The van der Waals surface area contributed by atoms with Crippen molar-refractivity contribution >= 4 is 15.9 Å². The van der Waals surface area contributed by atoms with Crippen LogP contribution in [0.5, 0.6) is 0 Å². The Labute approximate surface area is 129 Å². The van der Waals surface area contributed by atoms with Gasteiger partial charge in [-0.05, 0) is 36.7 Å². The van der Waals surface area contributed by atoms with Crippen LogP contribution in [0.25, 0.3) is 0 Å². The summed E-state index contributed by atoms with van der Waals surface area (Å²) in [6, 6.07) is 12.8. The van der Waals surface area contributed by atoms with E-state index >= 15 is 0 Å². The van der Waals surface area contributed by atoms with Crippen LogP contribution in [-0.2, 0) is 0 Å². The van der Waals surface area contributed by atoms with Crippen molar-refractivity contribution < 1.29 is 0 Å². The van der Waals surface area contributed by atoms with E-state index in [4.69, 9.17) is 0 Å². The summed E-state index contributed by atoms with van der Waals surface area (Å²) in [4.78, 5) is 4.50. The number of benzene rings is 1. The van der Waals surface area contributed by atoms with E-state index in [9.17, 15) is 0 Å². The topological polar surface area (TPSA) is 24.9 Å². The molecular formula is C17H21BrN2. The predicted molar refractivity (Wildman–Crippen MR) is 87.9 cm³/mol. The van der Waals surface area contributed by atoms with E-state index in [1.165, 1.54) is 15.6 Å². The molecule has 2 nitrogen and oxygen atoms in total. The van der Waals surface area contributed by atoms with E-state index < -0.39 is 0 Å². The highest BCUT2D eigenvalue weighted by atomic mass is 79.9. The summed E-state index contributed by atoms with van der Waals surface area (Å²) in [6.45, 7) is 7.43. The van der Waals surface area contributed by atoms with Crippen LogP contribution in [0.2, 0.25) is 0 Å². The Morgan fingerprint density at radius 3 is 2.65 bits per heavy atom. The van der Waals surface area contributed by atoms with Crippen molar-refractivity contribution in [2.75, 3.05) is 6.54 Å². The lowest BCUT2D eigenvalue weighted by atomic mass is 9.90. The van der Waals surface area contributed by atoms with Crippen LogP contribution in [0.3, 0.4) is 0 Å². The van der Waals surface area contributed by atoms with Gasteiger partial charge in [-0.3, -0.25) is 4.98 Å². The van der Waals surface area contributed by atoms with Crippen molar-refractivity contribution in [3.8, 4) is 0 Å². The second-order valence-corrected chi connectivity index (χ2v) is 5.85. The highest BCUT2D eigenvalue weighted by Gasteiger charge is 2.23. The van der Waals surface area contributed by atoms with E-state index in [1.54, 1.807) is 0 Å². The minimum atomic E-state index is 0.254. The Kier molecular flexibility index (Phi) is 5.32. The molecule has 0 radical (unpaired) electrons. The number of aryl methyl sites for hydroxylation is 1. The largest absolute Gasteiger partial charge is 0.310 e. The maximum absolute atomic E-state index is 4.50. The molecule has 0 aliphatic heterocycles. The molecule has 0 fully saturated rings. The van der Waals surface area contributed by atoms with Crippen molar-refractivity contribution in [2.24, 2.45) is 0 Å². The van der Waals surface area contributed by atoms with Gasteiger partial charge in [0.1, 0.15) is 0 Å². The van der Waals surface area contributed by atoms with Crippen LogP contribution in [0, 0.1) is 6.92 Å². The van der Waals surface area contributed by atoms with Crippen LogP contribution in [0.4, 0.5) is 0 Å². The second kappa shape index (κ2) is 7.00. The third-order valence-electron chi connectivity index (χ3n) is 3.64. The minimum absolute atomic E-state index is 0.254. The molecule has 2 unspecified atom stereocenters. The molecule has 0 aliphatic carbocycles. The molecule has 20 heavy (non-hydrogen) atoms. The van der Waals surface area contributed by atoms with Gasteiger partial charge in [-0.2, -0.15) is 0 Å². The predicted octanol–water partition coefficient (Wildman–Crippen LogP) is 4.61. The fraction of sp³-hybridized carbons (Fsp3) is 0.353. The number of hydrogen-bond acceptors (Lipinski definition) is 2. The first kappa shape index (κ1) is 15.2. The first-order chi connectivity index (χ1) is 9.65. The smallest absolute Gasteiger partial charge is 0.0450 e. The first-order valence-corrected chi connectivity index (χ1v) is 7.83. The Balaban J connectivity index is 2.38. The molecule has 0 saturated carbocycles. The number of pyridine rings is 1. The average Bonchev–Trinajstić information content (AvgIpc) is 2.48. The summed E-state index contributed by atoms with van der Waals surface area (Å²) < 4.78 is 1.19. The van der Waals surface area contributed by atoms with Crippen LogP contribution in [0.15, 0.2) is 47.1 Å². The SMILES string of the molecule is CCNC(c1cccc(C)c1Br)C(C)c1ccccn1. The molecule has 1 aromatic carbocycles. The van der Waals surface area contributed by atoms with E-state index in [0.717, 1.165) is 12.2 Å². The third kappa shape index (κ3) is 3.28. The number of rotatable bonds is 5. The van der Waals surface area contributed by atoms with Gasteiger partial charge in [0.15, 0.2) is 0 Å². The summed E-state index contributed by atoms with van der Waals surface area (Å²) >= 11 is 3.73. The molecule has 1 N–H and O–H groups in total. The fourth-order valence-electron chi connectivity index (χ4n) is 2.50. The van der Waals surface area contributed by atoms with Crippen LogP contribution in [-0.4, -0.2) is 11.5 Å². The first-order valence-electron chi connectivity index (χ1n) is 7.04. The zero-order valence-corrected chi connectivity index (χ0v) is 13.8. The summed E-state index contributed by atoms with van der Waals surface area (Å²) in [5.41, 5.74) is 3.68. The maximum atomic E-state index is 4.50. The molecule has 0 amide bonds. The zero-order chi connectivity index (χ0) is 14.5. The van der Waals surface area contributed by atoms with E-state index in [2.05, 4.69) is 71.3 Å². The molecular weight excluding hydrogens is 312 g/mol. The Morgan fingerprint density at radius 1 is 1.20 bits per heavy atom. The lowest BCUT2D eigenvalue weighted by Gasteiger charge is -2.26. The Morgan fingerprint density at radius 2 is 2.00 bits per heavy atom. The number of nitrogens with zero attached hydrogens (tertiary/aromatic N) is 1. The maximum Gasteiger partial charge on any atom is 0.0450 e. The van der Waals surface area contributed by atoms with Crippen LogP contribution < -0.4 is 5.32 Å². The minimum Gasteiger partial charge on any atom is -0.310 e. The molecule has 0 spiro atoms. The lowest BCUT2D eigenvalue weighted by molar-refractivity contribution is 0.470. The third-order valence-corrected chi connectivity index (χ3v) is 4.72. The molecule has 3 heteroatoms. The molecule has 2 rings (SSSR count). The van der Waals surface area contributed by atoms with Gasteiger partial charge in [0, 0.05) is 28.3 Å². The number of hydrogen-bond donors (Lipinski definition) is 1. The van der Waals surface area contributed by atoms with Gasteiger partial charge >= 0.3 is 0 Å². The van der Waals surface area contributed by atoms with Gasteiger partial charge < -0.3 is 5.32 Å². The van der Waals surface area contributed by atoms with Crippen molar-refractivity contribution in [1.29, 1.82) is 0 Å². The van der Waals surface area contributed by atoms with Gasteiger partial charge in [0.25, 0.3) is 0 Å². The highest BCUT2D eigenvalue weighted by Crippen LogP contribution is 2.34. The fourth-order valence-corrected chi connectivity index (χ4v) is 3.01. The Bertz CT molecular complexity index is 554. The molecule has 106 valence electrons. The standard InChI is InChI=1S/C17H21BrN2/c1-4-19-17(13(3)15-10-5-6-11-20-15)14-9-7-8-12(2)16(14)18/h5-11,13,17,19H,4H2,1-3H3. The number of halogens is 1. The molecule has 1 heterocycles. The number of likely N-dealkylation sites (N-methyl/N-ethyl adjacent to an activating group) is 1. The summed E-state index contributed by atoms with van der Waals surface area (Å²) in [7, 11) is 0. The quantitative estimate of drug-likeness (QED) is 0.864. The molecule has 0 bridgehead atoms. The van der Waals surface area contributed by atoms with Gasteiger partial charge in [-0.1, -0.05) is 54.0 Å². The van der Waals surface area contributed by atoms with Crippen molar-refractivity contribution in [3.05, 3.63) is 63.9 Å². The Hall–Kier alpha value is -1.19. The zero-order valence-electron chi connectivity index (χ0n) is 12.2. The summed E-state index contributed by atoms with van der Waals surface area (Å²) in [6.07, 6.45) is 1.86. The summed E-state index contributed by atoms with van der Waals surface area (Å²) in [5, 5.41) is 3.60. The molecule has 2 aromatic rings. The molecule has 1 aromatic heterocycles. The van der Waals surface area contributed by atoms with Gasteiger partial charge in [-0.15, -0.1) is 0 Å². The summed E-state index contributed by atoms with van der Waals surface area (Å²) in [5.74, 6) is 0.314. The van der Waals surface area contributed by atoms with Crippen LogP contribution >= 0.6 is 15.9 Å². The second-order valence-electron chi connectivity index (χ2n) is 5.06. The van der Waals surface area contributed by atoms with Gasteiger partial charge in [-0.25, -0.2) is 0 Å². The number of aromatic nitrogens is 1. The van der Waals surface area contributed by atoms with E-state index in [-0.39, 0.29) is 6.04 Å². The van der Waals surface area contributed by atoms with Crippen LogP contribution in [0.1, 0.15) is 42.6 Å².